The molecule has 9 nitrogen and oxygen atoms in total. The van der Waals surface area contributed by atoms with Gasteiger partial charge >= 0.3 is 0 Å². The second-order valence-electron chi connectivity index (χ2n) is 5.76. The topological polar surface area (TPSA) is 144 Å². The van der Waals surface area contributed by atoms with Gasteiger partial charge < -0.3 is 20.1 Å². The second-order valence-corrected chi connectivity index (χ2v) is 7.32. The molecule has 0 aliphatic heterocycles. The van der Waals surface area contributed by atoms with Gasteiger partial charge in [-0.25, -0.2) is 13.6 Å². The van der Waals surface area contributed by atoms with Crippen molar-refractivity contribution in [2.75, 3.05) is 19.5 Å². The Balaban J connectivity index is 2.06. The summed E-state index contributed by atoms with van der Waals surface area (Å²) in [6.45, 7) is 0.270. The fourth-order valence-electron chi connectivity index (χ4n) is 2.32. The van der Waals surface area contributed by atoms with E-state index in [1.165, 1.54) is 32.6 Å². The van der Waals surface area contributed by atoms with Crippen molar-refractivity contribution in [2.24, 2.45) is 5.14 Å². The summed E-state index contributed by atoms with van der Waals surface area (Å²) in [6, 6.07) is 12.6. The largest absolute Gasteiger partial charge is 0.497 e. The van der Waals surface area contributed by atoms with Crippen molar-refractivity contribution >= 4 is 21.6 Å². The zero-order valence-corrected chi connectivity index (χ0v) is 16.6. The highest BCUT2D eigenvalue weighted by molar-refractivity contribution is 7.89. The predicted molar refractivity (Wildman–Crippen MR) is 107 cm³/mol. The van der Waals surface area contributed by atoms with Crippen molar-refractivity contribution in [3.05, 3.63) is 59.8 Å². The molecule has 2 aromatic carbocycles. The number of amides is 1. The average molecular weight is 416 g/mol. The van der Waals surface area contributed by atoms with Crippen molar-refractivity contribution in [3.8, 4) is 17.6 Å². The van der Waals surface area contributed by atoms with E-state index in [0.717, 1.165) is 5.56 Å². The summed E-state index contributed by atoms with van der Waals surface area (Å²) in [7, 11) is -0.804. The number of ether oxygens (including phenoxy) is 2. The summed E-state index contributed by atoms with van der Waals surface area (Å²) < 4.78 is 32.8. The highest BCUT2D eigenvalue weighted by Crippen LogP contribution is 2.29. The first kappa shape index (κ1) is 21.7. The Kier molecular flexibility index (Phi) is 7.19. The van der Waals surface area contributed by atoms with Crippen LogP contribution >= 0.6 is 0 Å². The molecule has 152 valence electrons. The minimum absolute atomic E-state index is 0.00104. The number of carbonyl (C=O) groups excluding carboxylic acids is 1. The van der Waals surface area contributed by atoms with E-state index in [1.807, 2.05) is 6.07 Å². The number of nitriles is 1. The van der Waals surface area contributed by atoms with Gasteiger partial charge in [0.15, 0.2) is 0 Å². The van der Waals surface area contributed by atoms with Gasteiger partial charge in [0, 0.05) is 18.8 Å². The molecule has 0 saturated carbocycles. The van der Waals surface area contributed by atoms with E-state index in [4.69, 9.17) is 14.6 Å². The van der Waals surface area contributed by atoms with Crippen LogP contribution in [0.1, 0.15) is 5.56 Å². The molecule has 2 rings (SSSR count). The molecule has 0 aromatic heterocycles. The Morgan fingerprint density at radius 3 is 2.41 bits per heavy atom. The quantitative estimate of drug-likeness (QED) is 0.437. The number of anilines is 1. The van der Waals surface area contributed by atoms with Crippen molar-refractivity contribution < 1.29 is 22.7 Å². The van der Waals surface area contributed by atoms with E-state index in [-0.39, 0.29) is 17.0 Å². The van der Waals surface area contributed by atoms with Gasteiger partial charge in [-0.15, -0.1) is 0 Å². The minimum Gasteiger partial charge on any atom is -0.497 e. The lowest BCUT2D eigenvalue weighted by molar-refractivity contribution is -0.112. The number of nitrogens with one attached hydrogen (secondary N) is 2. The molecule has 4 N–H and O–H groups in total. The van der Waals surface area contributed by atoms with E-state index < -0.39 is 15.9 Å². The molecule has 0 aliphatic carbocycles. The summed E-state index contributed by atoms with van der Waals surface area (Å²) in [5.41, 5.74) is 0.938. The van der Waals surface area contributed by atoms with Crippen LogP contribution in [0.2, 0.25) is 0 Å². The van der Waals surface area contributed by atoms with Gasteiger partial charge in [-0.3, -0.25) is 4.79 Å². The molecule has 0 heterocycles. The summed E-state index contributed by atoms with van der Waals surface area (Å²) in [5.74, 6) is 0.306. The predicted octanol–water partition coefficient (Wildman–Crippen LogP) is 1.49. The molecule has 0 unspecified atom stereocenters. The zero-order chi connectivity index (χ0) is 21.4. The number of hydrogen-bond donors (Lipinski definition) is 3. The van der Waals surface area contributed by atoms with Crippen molar-refractivity contribution in [2.45, 2.75) is 11.4 Å². The van der Waals surface area contributed by atoms with Crippen molar-refractivity contribution in [1.82, 2.24) is 5.32 Å². The number of hydrogen-bond acceptors (Lipinski definition) is 7. The van der Waals surface area contributed by atoms with Crippen LogP contribution < -0.4 is 25.2 Å². The van der Waals surface area contributed by atoms with Gasteiger partial charge in [-0.05, 0) is 29.8 Å². The Bertz CT molecular complexity index is 1060. The molecule has 10 heteroatoms. The first-order valence-electron chi connectivity index (χ1n) is 8.27. The minimum atomic E-state index is -3.76. The number of benzene rings is 2. The first-order valence-corrected chi connectivity index (χ1v) is 9.82. The number of carbonyl (C=O) groups is 1. The fourth-order valence-corrected chi connectivity index (χ4v) is 2.83. The first-order chi connectivity index (χ1) is 13.8. The maximum Gasteiger partial charge on any atom is 0.267 e. The Morgan fingerprint density at radius 2 is 1.86 bits per heavy atom. The van der Waals surface area contributed by atoms with Crippen molar-refractivity contribution in [1.29, 1.82) is 5.26 Å². The molecule has 0 aliphatic rings. The SMILES string of the molecule is COc1ccc(OC)c(NC(=O)/C(C#N)=C\NCc2ccc(S(N)(=O)=O)cc2)c1. The molecule has 0 fully saturated rings. The van der Waals surface area contributed by atoms with Crippen LogP contribution in [0.4, 0.5) is 5.69 Å². The summed E-state index contributed by atoms with van der Waals surface area (Å²) in [4.78, 5) is 12.4. The van der Waals surface area contributed by atoms with Crippen LogP contribution in [0.15, 0.2) is 59.1 Å². The molecule has 0 spiro atoms. The van der Waals surface area contributed by atoms with E-state index in [9.17, 15) is 18.5 Å². The summed E-state index contributed by atoms with van der Waals surface area (Å²) in [6.07, 6.45) is 1.27. The van der Waals surface area contributed by atoms with Crippen molar-refractivity contribution in [3.63, 3.8) is 0 Å². The highest BCUT2D eigenvalue weighted by atomic mass is 32.2. The maximum atomic E-state index is 12.4. The van der Waals surface area contributed by atoms with Crippen LogP contribution in [0, 0.1) is 11.3 Å². The van der Waals surface area contributed by atoms with E-state index >= 15 is 0 Å². The lowest BCUT2D eigenvalue weighted by Crippen LogP contribution is -2.17. The normalized spacial score (nSPS) is 11.3. The summed E-state index contributed by atoms with van der Waals surface area (Å²) in [5, 5.41) is 19.8. The molecule has 2 aromatic rings. The Hall–Kier alpha value is -3.55. The third-order valence-electron chi connectivity index (χ3n) is 3.82. The van der Waals surface area contributed by atoms with Gasteiger partial charge in [0.2, 0.25) is 10.0 Å². The Labute approximate surface area is 168 Å². The lowest BCUT2D eigenvalue weighted by atomic mass is 10.2. The van der Waals surface area contributed by atoms with Gasteiger partial charge in [0.25, 0.3) is 5.91 Å². The third-order valence-corrected chi connectivity index (χ3v) is 4.75. The molecule has 0 saturated heterocycles. The van der Waals surface area contributed by atoms with Crippen LogP contribution in [0.3, 0.4) is 0 Å². The zero-order valence-electron chi connectivity index (χ0n) is 15.8. The van der Waals surface area contributed by atoms with Gasteiger partial charge in [-0.1, -0.05) is 12.1 Å². The molecule has 1 amide bonds. The summed E-state index contributed by atoms with van der Waals surface area (Å²) >= 11 is 0. The monoisotopic (exact) mass is 416 g/mol. The number of primary sulfonamides is 1. The molecular formula is C19H20N4O5S. The molecule has 0 atom stereocenters. The van der Waals surface area contributed by atoms with Gasteiger partial charge in [0.1, 0.15) is 23.1 Å². The van der Waals surface area contributed by atoms with E-state index in [2.05, 4.69) is 10.6 Å². The van der Waals surface area contributed by atoms with E-state index in [0.29, 0.717) is 17.2 Å². The average Bonchev–Trinajstić information content (AvgIpc) is 2.70. The number of nitrogens with two attached hydrogens (primary N) is 1. The van der Waals surface area contributed by atoms with Crippen LogP contribution in [0.5, 0.6) is 11.5 Å². The Morgan fingerprint density at radius 1 is 1.17 bits per heavy atom. The number of methoxy groups -OCH3 is 2. The molecular weight excluding hydrogens is 396 g/mol. The fraction of sp³-hybridized carbons (Fsp3) is 0.158. The van der Waals surface area contributed by atoms with Gasteiger partial charge in [0.05, 0.1) is 24.8 Å². The van der Waals surface area contributed by atoms with Gasteiger partial charge in [-0.2, -0.15) is 5.26 Å². The lowest BCUT2D eigenvalue weighted by Gasteiger charge is -2.11. The van der Waals surface area contributed by atoms with Crippen LogP contribution in [-0.4, -0.2) is 28.5 Å². The van der Waals surface area contributed by atoms with Crippen LogP contribution in [-0.2, 0) is 21.4 Å². The number of nitrogens with zero attached hydrogens (tertiary/aromatic N) is 1. The second kappa shape index (κ2) is 9.59. The van der Waals surface area contributed by atoms with Crippen LogP contribution in [0.25, 0.3) is 0 Å². The van der Waals surface area contributed by atoms with E-state index in [1.54, 1.807) is 30.3 Å². The highest BCUT2D eigenvalue weighted by Gasteiger charge is 2.13. The maximum absolute atomic E-state index is 12.4. The molecule has 0 bridgehead atoms. The third kappa shape index (κ3) is 5.97. The number of sulfonamides is 1. The smallest absolute Gasteiger partial charge is 0.267 e. The number of rotatable bonds is 8. The molecule has 29 heavy (non-hydrogen) atoms. The standard InChI is InChI=1S/C19H20N4O5S/c1-27-15-5-8-18(28-2)17(9-15)23-19(24)14(10-20)12-22-11-13-3-6-16(7-4-13)29(21,25)26/h3-9,12,22H,11H2,1-2H3,(H,23,24)(H2,21,25,26)/b14-12-. The molecule has 0 radical (unpaired) electrons.